The molecular formula is C15H16F3N5O. The van der Waals surface area contributed by atoms with E-state index >= 15 is 0 Å². The van der Waals surface area contributed by atoms with Crippen LogP contribution in [0.25, 0.3) is 0 Å². The highest BCUT2D eigenvalue weighted by Gasteiger charge is 2.35. The van der Waals surface area contributed by atoms with E-state index in [2.05, 4.69) is 20.6 Å². The summed E-state index contributed by atoms with van der Waals surface area (Å²) in [6.07, 6.45) is -0.686. The fourth-order valence-corrected chi connectivity index (χ4v) is 2.65. The second-order valence-electron chi connectivity index (χ2n) is 5.65. The molecule has 1 aliphatic rings. The molecule has 0 radical (unpaired) electrons. The van der Waals surface area contributed by atoms with E-state index in [4.69, 9.17) is 0 Å². The first-order valence-corrected chi connectivity index (χ1v) is 7.51. The van der Waals surface area contributed by atoms with Gasteiger partial charge < -0.3 is 9.88 Å². The SMILES string of the molecule is O=C(NCC1CCc2nc(C(F)(F)F)cn2C1)Nc1ccccn1. The van der Waals surface area contributed by atoms with Crippen molar-refractivity contribution in [3.8, 4) is 0 Å². The molecule has 1 atom stereocenters. The predicted octanol–water partition coefficient (Wildman–Crippen LogP) is 2.68. The number of aromatic nitrogens is 3. The Balaban J connectivity index is 1.53. The topological polar surface area (TPSA) is 71.8 Å². The van der Waals surface area contributed by atoms with E-state index in [0.29, 0.717) is 37.6 Å². The van der Waals surface area contributed by atoms with Gasteiger partial charge in [-0.05, 0) is 24.5 Å². The van der Waals surface area contributed by atoms with Gasteiger partial charge in [0.25, 0.3) is 0 Å². The molecule has 0 bridgehead atoms. The summed E-state index contributed by atoms with van der Waals surface area (Å²) in [5.41, 5.74) is -0.862. The van der Waals surface area contributed by atoms with Crippen LogP contribution in [0.2, 0.25) is 0 Å². The van der Waals surface area contributed by atoms with Gasteiger partial charge in [0.05, 0.1) is 0 Å². The monoisotopic (exact) mass is 339 g/mol. The minimum atomic E-state index is -4.43. The van der Waals surface area contributed by atoms with E-state index in [9.17, 15) is 18.0 Å². The number of halogens is 3. The average molecular weight is 339 g/mol. The van der Waals surface area contributed by atoms with Crippen LogP contribution in [0.1, 0.15) is 17.9 Å². The molecule has 0 aromatic carbocycles. The van der Waals surface area contributed by atoms with Crippen LogP contribution in [0.15, 0.2) is 30.6 Å². The number of pyridine rings is 1. The fourth-order valence-electron chi connectivity index (χ4n) is 2.65. The minimum absolute atomic E-state index is 0.0577. The molecule has 24 heavy (non-hydrogen) atoms. The Kier molecular flexibility index (Phi) is 4.41. The molecule has 0 fully saturated rings. The molecule has 6 nitrogen and oxygen atoms in total. The molecule has 0 saturated heterocycles. The quantitative estimate of drug-likeness (QED) is 0.903. The number of hydrogen-bond acceptors (Lipinski definition) is 3. The Morgan fingerprint density at radius 1 is 1.38 bits per heavy atom. The van der Waals surface area contributed by atoms with Gasteiger partial charge in [-0.2, -0.15) is 13.2 Å². The highest BCUT2D eigenvalue weighted by molar-refractivity contribution is 5.88. The van der Waals surface area contributed by atoms with Crippen LogP contribution in [-0.4, -0.2) is 27.1 Å². The van der Waals surface area contributed by atoms with Gasteiger partial charge in [0.2, 0.25) is 0 Å². The van der Waals surface area contributed by atoms with Crippen molar-refractivity contribution in [2.45, 2.75) is 25.6 Å². The molecular weight excluding hydrogens is 323 g/mol. The van der Waals surface area contributed by atoms with Gasteiger partial charge >= 0.3 is 12.2 Å². The van der Waals surface area contributed by atoms with Crippen molar-refractivity contribution < 1.29 is 18.0 Å². The molecule has 2 N–H and O–H groups in total. The first-order chi connectivity index (χ1) is 11.4. The van der Waals surface area contributed by atoms with Gasteiger partial charge in [-0.3, -0.25) is 5.32 Å². The zero-order chi connectivity index (χ0) is 17.2. The molecule has 3 heterocycles. The van der Waals surface area contributed by atoms with Crippen LogP contribution in [0.4, 0.5) is 23.8 Å². The molecule has 2 aromatic heterocycles. The highest BCUT2D eigenvalue weighted by atomic mass is 19.4. The van der Waals surface area contributed by atoms with Crippen molar-refractivity contribution in [3.63, 3.8) is 0 Å². The second-order valence-corrected chi connectivity index (χ2v) is 5.65. The Bertz CT molecular complexity index is 714. The number of amides is 2. The van der Waals surface area contributed by atoms with Crippen LogP contribution in [0.3, 0.4) is 0 Å². The Hall–Kier alpha value is -2.58. The number of rotatable bonds is 3. The van der Waals surface area contributed by atoms with Crippen LogP contribution >= 0.6 is 0 Å². The number of nitrogens with zero attached hydrogens (tertiary/aromatic N) is 3. The molecule has 128 valence electrons. The molecule has 1 unspecified atom stereocenters. The maximum absolute atomic E-state index is 12.7. The Morgan fingerprint density at radius 3 is 2.92 bits per heavy atom. The lowest BCUT2D eigenvalue weighted by Crippen LogP contribution is -2.36. The van der Waals surface area contributed by atoms with E-state index in [1.807, 2.05) is 0 Å². The number of urea groups is 1. The van der Waals surface area contributed by atoms with Crippen molar-refractivity contribution in [2.75, 3.05) is 11.9 Å². The largest absolute Gasteiger partial charge is 0.434 e. The van der Waals surface area contributed by atoms with Gasteiger partial charge in [0.1, 0.15) is 11.6 Å². The molecule has 9 heteroatoms. The summed E-state index contributed by atoms with van der Waals surface area (Å²) in [4.78, 5) is 19.4. The van der Waals surface area contributed by atoms with Gasteiger partial charge in [0.15, 0.2) is 5.69 Å². The summed E-state index contributed by atoms with van der Waals surface area (Å²) in [5.74, 6) is 0.934. The van der Waals surface area contributed by atoms with Crippen LogP contribution < -0.4 is 10.6 Å². The molecule has 0 aliphatic carbocycles. The number of anilines is 1. The maximum Gasteiger partial charge on any atom is 0.434 e. The lowest BCUT2D eigenvalue weighted by molar-refractivity contribution is -0.141. The summed E-state index contributed by atoms with van der Waals surface area (Å²) in [7, 11) is 0. The number of alkyl halides is 3. The number of aryl methyl sites for hydroxylation is 1. The number of hydrogen-bond donors (Lipinski definition) is 2. The third-order valence-corrected chi connectivity index (χ3v) is 3.84. The number of carbonyl (C=O) groups excluding carboxylic acids is 1. The number of nitrogens with one attached hydrogen (secondary N) is 2. The third-order valence-electron chi connectivity index (χ3n) is 3.84. The van der Waals surface area contributed by atoms with Crippen molar-refractivity contribution >= 4 is 11.8 Å². The second kappa shape index (κ2) is 6.50. The first-order valence-electron chi connectivity index (χ1n) is 7.51. The molecule has 0 spiro atoms. The summed E-state index contributed by atoms with van der Waals surface area (Å²) in [6.45, 7) is 0.778. The standard InChI is InChI=1S/C15H16F3N5O/c16-15(17,18)11-9-23-8-10(4-5-13(23)21-11)7-20-14(24)22-12-3-1-2-6-19-12/h1-3,6,9-10H,4-5,7-8H2,(H2,19,20,22,24). The highest BCUT2D eigenvalue weighted by Crippen LogP contribution is 2.30. The van der Waals surface area contributed by atoms with Gasteiger partial charge in [0, 0.05) is 31.9 Å². The number of carbonyl (C=O) groups is 1. The summed E-state index contributed by atoms with van der Waals surface area (Å²) in [5, 5.41) is 5.32. The van der Waals surface area contributed by atoms with E-state index in [-0.39, 0.29) is 11.9 Å². The van der Waals surface area contributed by atoms with Gasteiger partial charge in [-0.25, -0.2) is 14.8 Å². The smallest absolute Gasteiger partial charge is 0.337 e. The Morgan fingerprint density at radius 2 is 2.21 bits per heavy atom. The van der Waals surface area contributed by atoms with Crippen LogP contribution in [-0.2, 0) is 19.1 Å². The predicted molar refractivity (Wildman–Crippen MR) is 80.3 cm³/mol. The van der Waals surface area contributed by atoms with Crippen molar-refractivity contribution in [3.05, 3.63) is 42.1 Å². The molecule has 3 rings (SSSR count). The number of imidazole rings is 1. The lowest BCUT2D eigenvalue weighted by Gasteiger charge is -2.23. The number of fused-ring (bicyclic) bond motifs is 1. The van der Waals surface area contributed by atoms with Crippen molar-refractivity contribution in [2.24, 2.45) is 5.92 Å². The molecule has 1 aliphatic heterocycles. The molecule has 0 saturated carbocycles. The van der Waals surface area contributed by atoms with E-state index < -0.39 is 11.9 Å². The lowest BCUT2D eigenvalue weighted by atomic mass is 9.99. The van der Waals surface area contributed by atoms with Crippen molar-refractivity contribution in [1.82, 2.24) is 19.9 Å². The van der Waals surface area contributed by atoms with Gasteiger partial charge in [-0.1, -0.05) is 6.07 Å². The average Bonchev–Trinajstić information content (AvgIpc) is 2.97. The summed E-state index contributed by atoms with van der Waals surface area (Å²) >= 11 is 0. The molecule has 2 aromatic rings. The minimum Gasteiger partial charge on any atom is -0.337 e. The summed E-state index contributed by atoms with van der Waals surface area (Å²) < 4.78 is 39.6. The van der Waals surface area contributed by atoms with Crippen LogP contribution in [0.5, 0.6) is 0 Å². The first kappa shape index (κ1) is 16.3. The van der Waals surface area contributed by atoms with E-state index in [1.165, 1.54) is 4.57 Å². The maximum atomic E-state index is 12.7. The van der Waals surface area contributed by atoms with Gasteiger partial charge in [-0.15, -0.1) is 0 Å². The molecule has 2 amide bonds. The van der Waals surface area contributed by atoms with Crippen LogP contribution in [0, 0.1) is 5.92 Å². The Labute approximate surface area is 136 Å². The normalized spacial score (nSPS) is 17.2. The third kappa shape index (κ3) is 3.84. The van der Waals surface area contributed by atoms with Crippen molar-refractivity contribution in [1.29, 1.82) is 0 Å². The van der Waals surface area contributed by atoms with E-state index in [0.717, 1.165) is 6.20 Å². The zero-order valence-corrected chi connectivity index (χ0v) is 12.7. The zero-order valence-electron chi connectivity index (χ0n) is 12.7. The van der Waals surface area contributed by atoms with E-state index in [1.54, 1.807) is 24.4 Å². The summed E-state index contributed by atoms with van der Waals surface area (Å²) in [6, 6.07) is 4.77. The fraction of sp³-hybridized carbons (Fsp3) is 0.400.